The van der Waals surface area contributed by atoms with E-state index in [1.807, 2.05) is 6.07 Å². The summed E-state index contributed by atoms with van der Waals surface area (Å²) in [6.07, 6.45) is 1.54. The van der Waals surface area contributed by atoms with Crippen molar-refractivity contribution >= 4 is 35.0 Å². The average molecular weight is 383 g/mol. The molecule has 8 nitrogen and oxygen atoms in total. The number of non-ortho nitro benzene ring substituents is 1. The molecule has 2 aliphatic rings. The third kappa shape index (κ3) is 3.32. The second kappa shape index (κ2) is 6.69. The third-order valence-electron chi connectivity index (χ3n) is 4.13. The normalized spacial score (nSPS) is 16.7. The Kier molecular flexibility index (Phi) is 4.21. The summed E-state index contributed by atoms with van der Waals surface area (Å²) in [5.41, 5.74) is 1.59. The van der Waals surface area contributed by atoms with Crippen molar-refractivity contribution in [2.24, 2.45) is 0 Å². The van der Waals surface area contributed by atoms with Crippen molar-refractivity contribution in [3.63, 3.8) is 0 Å². The number of amides is 1. The summed E-state index contributed by atoms with van der Waals surface area (Å²) in [4.78, 5) is 24.5. The molecule has 1 fully saturated rings. The fourth-order valence-corrected chi connectivity index (χ4v) is 3.09. The maximum atomic E-state index is 12.7. The standard InChI is InChI=1S/C18H13N3O5S/c22-17-14(7-11-2-1-3-13(6-11)21(23)24)19-18(27)20(17)9-12-4-5-15-16(8-12)26-10-25-15/h1-8H,9-10H2,(H,19,27)/b14-7+. The first-order chi connectivity index (χ1) is 13.0. The first kappa shape index (κ1) is 17.0. The predicted octanol–water partition coefficient (Wildman–Crippen LogP) is 2.58. The van der Waals surface area contributed by atoms with Gasteiger partial charge in [-0.05, 0) is 41.6 Å². The summed E-state index contributed by atoms with van der Waals surface area (Å²) in [7, 11) is 0. The highest BCUT2D eigenvalue weighted by atomic mass is 32.1. The average Bonchev–Trinajstić information content (AvgIpc) is 3.22. The summed E-state index contributed by atoms with van der Waals surface area (Å²) in [6.45, 7) is 0.449. The SMILES string of the molecule is O=C1/C(=C\c2cccc([N+](=O)[O-])c2)NC(=S)N1Cc1ccc2c(c1)OCO2. The molecule has 2 heterocycles. The van der Waals surface area contributed by atoms with E-state index in [9.17, 15) is 14.9 Å². The van der Waals surface area contributed by atoms with Crippen LogP contribution in [0.4, 0.5) is 5.69 Å². The predicted molar refractivity (Wildman–Crippen MR) is 99.9 cm³/mol. The number of carbonyl (C=O) groups excluding carboxylic acids is 1. The lowest BCUT2D eigenvalue weighted by molar-refractivity contribution is -0.384. The molecule has 0 unspecified atom stereocenters. The minimum absolute atomic E-state index is 0.0467. The Morgan fingerprint density at radius 3 is 2.85 bits per heavy atom. The van der Waals surface area contributed by atoms with Gasteiger partial charge in [-0.1, -0.05) is 18.2 Å². The summed E-state index contributed by atoms with van der Waals surface area (Å²) < 4.78 is 10.6. The van der Waals surface area contributed by atoms with Gasteiger partial charge in [0.25, 0.3) is 11.6 Å². The van der Waals surface area contributed by atoms with Gasteiger partial charge in [-0.3, -0.25) is 19.8 Å². The number of thiocarbonyl (C=S) groups is 1. The number of rotatable bonds is 4. The fraction of sp³-hybridized carbons (Fsp3) is 0.111. The van der Waals surface area contributed by atoms with E-state index in [1.54, 1.807) is 30.3 Å². The van der Waals surface area contributed by atoms with Crippen LogP contribution in [0.5, 0.6) is 11.5 Å². The molecular weight excluding hydrogens is 370 g/mol. The number of benzene rings is 2. The van der Waals surface area contributed by atoms with Gasteiger partial charge in [-0.2, -0.15) is 0 Å². The Morgan fingerprint density at radius 2 is 2.04 bits per heavy atom. The zero-order chi connectivity index (χ0) is 19.0. The van der Waals surface area contributed by atoms with Crippen molar-refractivity contribution in [2.75, 3.05) is 6.79 Å². The van der Waals surface area contributed by atoms with E-state index in [1.165, 1.54) is 17.0 Å². The number of carbonyl (C=O) groups is 1. The first-order valence-electron chi connectivity index (χ1n) is 7.99. The van der Waals surface area contributed by atoms with Crippen molar-refractivity contribution in [3.05, 3.63) is 69.4 Å². The number of fused-ring (bicyclic) bond motifs is 1. The van der Waals surface area contributed by atoms with E-state index >= 15 is 0 Å². The van der Waals surface area contributed by atoms with E-state index in [0.29, 0.717) is 17.1 Å². The van der Waals surface area contributed by atoms with Gasteiger partial charge in [-0.25, -0.2) is 0 Å². The van der Waals surface area contributed by atoms with Crippen molar-refractivity contribution in [1.82, 2.24) is 10.2 Å². The van der Waals surface area contributed by atoms with Gasteiger partial charge in [0.1, 0.15) is 5.70 Å². The fourth-order valence-electron chi connectivity index (χ4n) is 2.83. The van der Waals surface area contributed by atoms with Gasteiger partial charge in [0.2, 0.25) is 6.79 Å². The van der Waals surface area contributed by atoms with Gasteiger partial charge in [0.15, 0.2) is 16.6 Å². The number of hydrogen-bond acceptors (Lipinski definition) is 6. The largest absolute Gasteiger partial charge is 0.454 e. The second-order valence-corrected chi connectivity index (χ2v) is 6.31. The Labute approximate surface area is 159 Å². The molecule has 1 N–H and O–H groups in total. The summed E-state index contributed by atoms with van der Waals surface area (Å²) in [5.74, 6) is 0.994. The van der Waals surface area contributed by atoms with Crippen molar-refractivity contribution in [1.29, 1.82) is 0 Å². The lowest BCUT2D eigenvalue weighted by atomic mass is 10.1. The van der Waals surface area contributed by atoms with E-state index in [0.717, 1.165) is 5.56 Å². The van der Waals surface area contributed by atoms with Crippen LogP contribution in [0.1, 0.15) is 11.1 Å². The highest BCUT2D eigenvalue weighted by Crippen LogP contribution is 2.33. The van der Waals surface area contributed by atoms with E-state index < -0.39 is 4.92 Å². The molecule has 2 aliphatic heterocycles. The smallest absolute Gasteiger partial charge is 0.276 e. The zero-order valence-corrected chi connectivity index (χ0v) is 14.7. The highest BCUT2D eigenvalue weighted by Gasteiger charge is 2.31. The Hall–Kier alpha value is -3.46. The molecule has 9 heteroatoms. The van der Waals surface area contributed by atoms with Crippen LogP contribution in [0, 0.1) is 10.1 Å². The molecule has 27 heavy (non-hydrogen) atoms. The van der Waals surface area contributed by atoms with Gasteiger partial charge in [-0.15, -0.1) is 0 Å². The van der Waals surface area contributed by atoms with E-state index in [2.05, 4.69) is 5.32 Å². The molecular formula is C18H13N3O5S. The van der Waals surface area contributed by atoms with Crippen molar-refractivity contribution in [3.8, 4) is 11.5 Å². The molecule has 1 saturated heterocycles. The van der Waals surface area contributed by atoms with Crippen LogP contribution in [-0.4, -0.2) is 27.6 Å². The minimum Gasteiger partial charge on any atom is -0.454 e. The van der Waals surface area contributed by atoms with Crippen LogP contribution >= 0.6 is 12.2 Å². The molecule has 136 valence electrons. The molecule has 0 saturated carbocycles. The zero-order valence-electron chi connectivity index (χ0n) is 13.9. The van der Waals surface area contributed by atoms with Crippen LogP contribution in [0.15, 0.2) is 48.2 Å². The number of nitro groups is 1. The summed E-state index contributed by atoms with van der Waals surface area (Å²) in [5, 5.41) is 14.0. The van der Waals surface area contributed by atoms with E-state index in [4.69, 9.17) is 21.7 Å². The van der Waals surface area contributed by atoms with Gasteiger partial charge in [0, 0.05) is 12.1 Å². The first-order valence-corrected chi connectivity index (χ1v) is 8.39. The number of nitrogens with zero attached hydrogens (tertiary/aromatic N) is 2. The maximum absolute atomic E-state index is 12.7. The van der Waals surface area contributed by atoms with Gasteiger partial charge >= 0.3 is 0 Å². The molecule has 0 aromatic heterocycles. The van der Waals surface area contributed by atoms with Crippen molar-refractivity contribution in [2.45, 2.75) is 6.54 Å². The molecule has 0 aliphatic carbocycles. The molecule has 0 bridgehead atoms. The van der Waals surface area contributed by atoms with Crippen LogP contribution in [0.2, 0.25) is 0 Å². The molecule has 0 radical (unpaired) electrons. The topological polar surface area (TPSA) is 93.9 Å². The third-order valence-corrected chi connectivity index (χ3v) is 4.45. The Balaban J connectivity index is 1.55. The minimum atomic E-state index is -0.484. The number of nitrogens with one attached hydrogen (secondary N) is 1. The Morgan fingerprint density at radius 1 is 1.22 bits per heavy atom. The molecule has 0 atom stereocenters. The van der Waals surface area contributed by atoms with Crippen LogP contribution < -0.4 is 14.8 Å². The Bertz CT molecular complexity index is 1000. The molecule has 0 spiro atoms. The lowest BCUT2D eigenvalue weighted by Crippen LogP contribution is -2.29. The molecule has 2 aromatic rings. The quantitative estimate of drug-likeness (QED) is 0.375. The molecule has 1 amide bonds. The summed E-state index contributed by atoms with van der Waals surface area (Å²) >= 11 is 5.27. The number of ether oxygens (including phenoxy) is 2. The number of nitro benzene ring substituents is 1. The molecule has 2 aromatic carbocycles. The second-order valence-electron chi connectivity index (χ2n) is 5.92. The van der Waals surface area contributed by atoms with Crippen molar-refractivity contribution < 1.29 is 19.2 Å². The van der Waals surface area contributed by atoms with Crippen LogP contribution in [-0.2, 0) is 11.3 Å². The summed E-state index contributed by atoms with van der Waals surface area (Å²) in [6, 6.07) is 11.5. The maximum Gasteiger partial charge on any atom is 0.276 e. The van der Waals surface area contributed by atoms with Crippen LogP contribution in [0.25, 0.3) is 6.08 Å². The lowest BCUT2D eigenvalue weighted by Gasteiger charge is -2.14. The highest BCUT2D eigenvalue weighted by molar-refractivity contribution is 7.80. The van der Waals surface area contributed by atoms with Gasteiger partial charge in [0.05, 0.1) is 11.5 Å². The van der Waals surface area contributed by atoms with Crippen LogP contribution in [0.3, 0.4) is 0 Å². The number of hydrogen-bond donors (Lipinski definition) is 1. The van der Waals surface area contributed by atoms with Gasteiger partial charge < -0.3 is 14.8 Å². The monoisotopic (exact) mass is 383 g/mol. The molecule has 4 rings (SSSR count). The van der Waals surface area contributed by atoms with E-state index in [-0.39, 0.29) is 35.7 Å².